The number of piperidine rings is 1. The Morgan fingerprint density at radius 1 is 1.12 bits per heavy atom. The highest BCUT2D eigenvalue weighted by Crippen LogP contribution is 2.37. The van der Waals surface area contributed by atoms with Crippen LogP contribution in [0.2, 0.25) is 0 Å². The summed E-state index contributed by atoms with van der Waals surface area (Å²) in [4.78, 5) is 14.6. The number of amides is 1. The van der Waals surface area contributed by atoms with E-state index in [1.54, 1.807) is 0 Å². The topological polar surface area (TPSA) is 68.5 Å². The average molecular weight is 327 g/mol. The number of benzene rings is 1. The Hall–Kier alpha value is -2.21. The minimum atomic E-state index is -0.172. The van der Waals surface area contributed by atoms with Gasteiger partial charge >= 0.3 is 11.8 Å². The SMILES string of the molecule is O=C(c1nnc(-c2ccccc2)o1)N1CCCC2(CCCOC2)C1. The predicted octanol–water partition coefficient (Wildman–Crippen LogP) is 2.77. The summed E-state index contributed by atoms with van der Waals surface area (Å²) in [5.74, 6) is 0.281. The van der Waals surface area contributed by atoms with Crippen molar-refractivity contribution in [2.75, 3.05) is 26.3 Å². The van der Waals surface area contributed by atoms with Crippen LogP contribution in [-0.2, 0) is 4.74 Å². The number of likely N-dealkylation sites (tertiary alicyclic amines) is 1. The molecule has 0 radical (unpaired) electrons. The zero-order valence-electron chi connectivity index (χ0n) is 13.6. The van der Waals surface area contributed by atoms with Crippen LogP contribution < -0.4 is 0 Å². The summed E-state index contributed by atoms with van der Waals surface area (Å²) >= 11 is 0. The number of nitrogens with zero attached hydrogens (tertiary/aromatic N) is 3. The van der Waals surface area contributed by atoms with Crippen LogP contribution in [-0.4, -0.2) is 47.3 Å². The van der Waals surface area contributed by atoms with Crippen molar-refractivity contribution in [1.82, 2.24) is 15.1 Å². The maximum Gasteiger partial charge on any atom is 0.311 e. The fourth-order valence-electron chi connectivity index (χ4n) is 3.76. The molecule has 6 heteroatoms. The smallest absolute Gasteiger partial charge is 0.311 e. The zero-order valence-corrected chi connectivity index (χ0v) is 13.6. The van der Waals surface area contributed by atoms with Gasteiger partial charge < -0.3 is 14.1 Å². The molecular weight excluding hydrogens is 306 g/mol. The molecule has 0 bridgehead atoms. The first-order valence-corrected chi connectivity index (χ1v) is 8.52. The molecule has 0 N–H and O–H groups in total. The van der Waals surface area contributed by atoms with Crippen LogP contribution >= 0.6 is 0 Å². The van der Waals surface area contributed by atoms with Crippen molar-refractivity contribution in [3.8, 4) is 11.5 Å². The summed E-state index contributed by atoms with van der Waals surface area (Å²) in [6.45, 7) is 3.04. The van der Waals surface area contributed by atoms with Gasteiger partial charge in [-0.25, -0.2) is 0 Å². The maximum absolute atomic E-state index is 12.8. The van der Waals surface area contributed by atoms with Crippen LogP contribution in [0.5, 0.6) is 0 Å². The summed E-state index contributed by atoms with van der Waals surface area (Å²) in [5, 5.41) is 7.98. The summed E-state index contributed by atoms with van der Waals surface area (Å²) < 4.78 is 11.3. The van der Waals surface area contributed by atoms with Gasteiger partial charge in [-0.05, 0) is 37.8 Å². The molecule has 1 aromatic carbocycles. The van der Waals surface area contributed by atoms with Crippen molar-refractivity contribution in [3.05, 3.63) is 36.2 Å². The van der Waals surface area contributed by atoms with Gasteiger partial charge in [-0.2, -0.15) is 0 Å². The maximum atomic E-state index is 12.8. The summed E-state index contributed by atoms with van der Waals surface area (Å²) in [6, 6.07) is 9.50. The molecule has 2 saturated heterocycles. The number of rotatable bonds is 2. The number of ether oxygens (including phenoxy) is 1. The second-order valence-corrected chi connectivity index (χ2v) is 6.76. The number of carbonyl (C=O) groups excluding carboxylic acids is 1. The first-order chi connectivity index (χ1) is 11.8. The molecule has 6 nitrogen and oxygen atoms in total. The van der Waals surface area contributed by atoms with E-state index in [9.17, 15) is 4.79 Å². The Bertz CT molecular complexity index is 702. The van der Waals surface area contributed by atoms with E-state index >= 15 is 0 Å². The Labute approximate surface area is 140 Å². The number of aromatic nitrogens is 2. The first kappa shape index (κ1) is 15.3. The number of carbonyl (C=O) groups is 1. The third kappa shape index (κ3) is 2.94. The number of hydrogen-bond donors (Lipinski definition) is 0. The summed E-state index contributed by atoms with van der Waals surface area (Å²) in [7, 11) is 0. The van der Waals surface area contributed by atoms with Crippen molar-refractivity contribution in [3.63, 3.8) is 0 Å². The van der Waals surface area contributed by atoms with Gasteiger partial charge in [-0.15, -0.1) is 10.2 Å². The lowest BCUT2D eigenvalue weighted by Gasteiger charge is -2.44. The molecule has 4 rings (SSSR count). The monoisotopic (exact) mass is 327 g/mol. The Morgan fingerprint density at radius 3 is 2.75 bits per heavy atom. The van der Waals surface area contributed by atoms with Crippen molar-refractivity contribution in [1.29, 1.82) is 0 Å². The Morgan fingerprint density at radius 2 is 1.96 bits per heavy atom. The average Bonchev–Trinajstić information content (AvgIpc) is 3.13. The van der Waals surface area contributed by atoms with Gasteiger partial charge in [-0.3, -0.25) is 4.79 Å². The van der Waals surface area contributed by atoms with Crippen LogP contribution in [0.4, 0.5) is 0 Å². The fraction of sp³-hybridized carbons (Fsp3) is 0.500. The minimum absolute atomic E-state index is 0.0719. The number of hydrogen-bond acceptors (Lipinski definition) is 5. The van der Waals surface area contributed by atoms with E-state index in [-0.39, 0.29) is 17.2 Å². The van der Waals surface area contributed by atoms with Crippen LogP contribution in [0.1, 0.15) is 36.4 Å². The highest BCUT2D eigenvalue weighted by Gasteiger charge is 2.39. The van der Waals surface area contributed by atoms with Crippen molar-refractivity contribution < 1.29 is 13.9 Å². The molecule has 0 aliphatic carbocycles. The zero-order chi connectivity index (χ0) is 16.4. The third-order valence-corrected chi connectivity index (χ3v) is 4.98. The van der Waals surface area contributed by atoms with Crippen LogP contribution in [0.15, 0.2) is 34.7 Å². The molecule has 24 heavy (non-hydrogen) atoms. The van der Waals surface area contributed by atoms with E-state index in [0.717, 1.165) is 57.6 Å². The van der Waals surface area contributed by atoms with Crippen LogP contribution in [0.3, 0.4) is 0 Å². The van der Waals surface area contributed by atoms with Crippen molar-refractivity contribution >= 4 is 5.91 Å². The van der Waals surface area contributed by atoms with Crippen LogP contribution in [0, 0.1) is 5.41 Å². The Balaban J connectivity index is 1.50. The van der Waals surface area contributed by atoms with E-state index in [4.69, 9.17) is 9.15 Å². The molecule has 1 unspecified atom stereocenters. The molecule has 1 aromatic heterocycles. The van der Waals surface area contributed by atoms with Crippen molar-refractivity contribution in [2.45, 2.75) is 25.7 Å². The standard InChI is InChI=1S/C18H21N3O3/c22-17(16-20-19-15(24-16)14-6-2-1-3-7-14)21-10-4-8-18(12-21)9-5-11-23-13-18/h1-3,6-7H,4-5,8-13H2. The molecule has 2 aromatic rings. The molecule has 0 saturated carbocycles. The van der Waals surface area contributed by atoms with Gasteiger partial charge in [0.15, 0.2) is 0 Å². The van der Waals surface area contributed by atoms with Gasteiger partial charge in [0.2, 0.25) is 5.89 Å². The van der Waals surface area contributed by atoms with Crippen molar-refractivity contribution in [2.24, 2.45) is 5.41 Å². The molecule has 1 atom stereocenters. The minimum Gasteiger partial charge on any atom is -0.412 e. The van der Waals surface area contributed by atoms with E-state index in [1.165, 1.54) is 0 Å². The predicted molar refractivity (Wildman–Crippen MR) is 87.4 cm³/mol. The highest BCUT2D eigenvalue weighted by molar-refractivity contribution is 5.89. The molecule has 2 fully saturated rings. The second-order valence-electron chi connectivity index (χ2n) is 6.76. The molecule has 1 spiro atoms. The van der Waals surface area contributed by atoms with Gasteiger partial charge in [0, 0.05) is 30.7 Å². The molecule has 1 amide bonds. The second kappa shape index (κ2) is 6.36. The summed E-state index contributed by atoms with van der Waals surface area (Å²) in [6.07, 6.45) is 4.31. The van der Waals surface area contributed by atoms with Gasteiger partial charge in [0.1, 0.15) is 0 Å². The van der Waals surface area contributed by atoms with E-state index < -0.39 is 0 Å². The lowest BCUT2D eigenvalue weighted by Crippen LogP contribution is -2.49. The van der Waals surface area contributed by atoms with Gasteiger partial charge in [0.05, 0.1) is 6.61 Å². The molecule has 2 aliphatic heterocycles. The lowest BCUT2D eigenvalue weighted by molar-refractivity contribution is -0.0440. The molecular formula is C18H21N3O3. The van der Waals surface area contributed by atoms with E-state index in [1.807, 2.05) is 35.2 Å². The quantitative estimate of drug-likeness (QED) is 0.848. The summed E-state index contributed by atoms with van der Waals surface area (Å²) in [5.41, 5.74) is 0.925. The third-order valence-electron chi connectivity index (χ3n) is 4.98. The van der Waals surface area contributed by atoms with Gasteiger partial charge in [0.25, 0.3) is 0 Å². The molecule has 2 aliphatic rings. The molecule has 126 valence electrons. The largest absolute Gasteiger partial charge is 0.412 e. The lowest BCUT2D eigenvalue weighted by atomic mass is 9.76. The van der Waals surface area contributed by atoms with Crippen LogP contribution in [0.25, 0.3) is 11.5 Å². The van der Waals surface area contributed by atoms with E-state index in [2.05, 4.69) is 10.2 Å². The first-order valence-electron chi connectivity index (χ1n) is 8.52. The fourth-order valence-corrected chi connectivity index (χ4v) is 3.76. The Kier molecular flexibility index (Phi) is 4.06. The normalized spacial score (nSPS) is 24.2. The molecule has 3 heterocycles. The van der Waals surface area contributed by atoms with Gasteiger partial charge in [-0.1, -0.05) is 18.2 Å². The van der Waals surface area contributed by atoms with E-state index in [0.29, 0.717) is 5.89 Å². The highest BCUT2D eigenvalue weighted by atomic mass is 16.5.